The van der Waals surface area contributed by atoms with E-state index in [0.717, 1.165) is 37.0 Å². The Kier molecular flexibility index (Phi) is 7.37. The van der Waals surface area contributed by atoms with E-state index in [9.17, 15) is 5.11 Å². The zero-order chi connectivity index (χ0) is 19.3. The lowest BCUT2D eigenvalue weighted by Gasteiger charge is -2.32. The molecule has 0 saturated carbocycles. The molecule has 1 N–H and O–H groups in total. The van der Waals surface area contributed by atoms with Crippen LogP contribution in [0, 0.1) is 5.92 Å². The highest BCUT2D eigenvalue weighted by molar-refractivity contribution is 5.52. The fourth-order valence-electron chi connectivity index (χ4n) is 3.98. The molecule has 1 aromatic rings. The van der Waals surface area contributed by atoms with Gasteiger partial charge in [-0.15, -0.1) is 0 Å². The number of unbranched alkanes of at least 4 members (excludes halogenated alkanes) is 2. The minimum absolute atomic E-state index is 0.0796. The Balaban J connectivity index is 2.47. The van der Waals surface area contributed by atoms with Crippen molar-refractivity contribution in [2.75, 3.05) is 0 Å². The van der Waals surface area contributed by atoms with Crippen LogP contribution in [-0.4, -0.2) is 11.2 Å². The molecule has 0 heterocycles. The first-order valence-corrected chi connectivity index (χ1v) is 10.2. The number of phenolic OH excluding ortho intramolecular Hbond substituents is 1. The van der Waals surface area contributed by atoms with Crippen molar-refractivity contribution < 1.29 is 9.84 Å². The van der Waals surface area contributed by atoms with Crippen molar-refractivity contribution in [1.29, 1.82) is 0 Å². The van der Waals surface area contributed by atoms with E-state index >= 15 is 0 Å². The zero-order valence-electron chi connectivity index (χ0n) is 17.3. The number of hydrogen-bond donors (Lipinski definition) is 1. The molecule has 1 aliphatic carbocycles. The maximum atomic E-state index is 10.9. The monoisotopic (exact) mass is 356 g/mol. The lowest BCUT2D eigenvalue weighted by molar-refractivity contribution is 0.236. The standard InChI is InChI=1S/C24H36O2/c1-7-8-9-10-19-14-22(25)24(23(15-19)26-17(4)5)21-13-18(6)11-12-20(21)16(2)3/h13-15,17,20-21,25H,2,7-12H2,1,3-6H3. The summed E-state index contributed by atoms with van der Waals surface area (Å²) in [4.78, 5) is 0. The first-order valence-electron chi connectivity index (χ1n) is 10.2. The van der Waals surface area contributed by atoms with Crippen molar-refractivity contribution in [2.24, 2.45) is 5.92 Å². The van der Waals surface area contributed by atoms with Crippen LogP contribution >= 0.6 is 0 Å². The summed E-state index contributed by atoms with van der Waals surface area (Å²) >= 11 is 0. The lowest BCUT2D eigenvalue weighted by atomic mass is 9.73. The molecule has 2 rings (SSSR count). The van der Waals surface area contributed by atoms with Crippen LogP contribution < -0.4 is 4.74 Å². The van der Waals surface area contributed by atoms with E-state index < -0.39 is 0 Å². The molecular weight excluding hydrogens is 320 g/mol. The molecule has 2 heteroatoms. The summed E-state index contributed by atoms with van der Waals surface area (Å²) in [5.41, 5.74) is 4.67. The highest BCUT2D eigenvalue weighted by atomic mass is 16.5. The van der Waals surface area contributed by atoms with Crippen LogP contribution in [0.1, 0.15) is 83.8 Å². The summed E-state index contributed by atoms with van der Waals surface area (Å²) in [6.07, 6.45) is 9.12. The Morgan fingerprint density at radius 2 is 2.04 bits per heavy atom. The second-order valence-electron chi connectivity index (χ2n) is 8.18. The van der Waals surface area contributed by atoms with Crippen LogP contribution in [0.15, 0.2) is 35.9 Å². The van der Waals surface area contributed by atoms with Crippen LogP contribution in [0.3, 0.4) is 0 Å². The molecule has 0 aliphatic heterocycles. The minimum atomic E-state index is 0.0796. The molecule has 0 saturated heterocycles. The van der Waals surface area contributed by atoms with Gasteiger partial charge in [-0.1, -0.05) is 43.6 Å². The molecule has 0 amide bonds. The van der Waals surface area contributed by atoms with Crippen LogP contribution in [0.25, 0.3) is 0 Å². The first-order chi connectivity index (χ1) is 12.3. The molecule has 2 unspecified atom stereocenters. The van der Waals surface area contributed by atoms with E-state index in [1.165, 1.54) is 29.6 Å². The van der Waals surface area contributed by atoms with Gasteiger partial charge in [-0.2, -0.15) is 0 Å². The fourth-order valence-corrected chi connectivity index (χ4v) is 3.98. The van der Waals surface area contributed by atoms with Crippen molar-refractivity contribution in [2.45, 2.75) is 85.2 Å². The van der Waals surface area contributed by atoms with Gasteiger partial charge < -0.3 is 9.84 Å². The van der Waals surface area contributed by atoms with E-state index in [2.05, 4.69) is 39.5 Å². The van der Waals surface area contributed by atoms with E-state index in [4.69, 9.17) is 4.74 Å². The van der Waals surface area contributed by atoms with E-state index in [1.54, 1.807) is 0 Å². The van der Waals surface area contributed by atoms with Gasteiger partial charge in [0.25, 0.3) is 0 Å². The topological polar surface area (TPSA) is 29.5 Å². The van der Waals surface area contributed by atoms with Crippen molar-refractivity contribution in [3.8, 4) is 11.5 Å². The zero-order valence-corrected chi connectivity index (χ0v) is 17.3. The second kappa shape index (κ2) is 9.30. The van der Waals surface area contributed by atoms with Crippen molar-refractivity contribution in [1.82, 2.24) is 0 Å². The molecule has 0 fully saturated rings. The van der Waals surface area contributed by atoms with E-state index in [1.807, 2.05) is 19.9 Å². The third kappa shape index (κ3) is 5.16. The number of ether oxygens (including phenoxy) is 1. The molecule has 0 spiro atoms. The number of phenols is 1. The Bertz CT molecular complexity index is 654. The van der Waals surface area contributed by atoms with Crippen LogP contribution in [-0.2, 0) is 6.42 Å². The van der Waals surface area contributed by atoms with Crippen molar-refractivity contribution >= 4 is 0 Å². The molecule has 26 heavy (non-hydrogen) atoms. The average molecular weight is 357 g/mol. The van der Waals surface area contributed by atoms with Gasteiger partial charge in [0.1, 0.15) is 11.5 Å². The molecule has 0 radical (unpaired) electrons. The molecule has 1 aromatic carbocycles. The molecule has 2 nitrogen and oxygen atoms in total. The summed E-state index contributed by atoms with van der Waals surface area (Å²) in [5.74, 6) is 1.70. The number of allylic oxidation sites excluding steroid dienone is 3. The molecule has 144 valence electrons. The Morgan fingerprint density at radius 1 is 1.31 bits per heavy atom. The Labute approximate surface area is 160 Å². The minimum Gasteiger partial charge on any atom is -0.507 e. The van der Waals surface area contributed by atoms with Gasteiger partial charge >= 0.3 is 0 Å². The van der Waals surface area contributed by atoms with Gasteiger partial charge in [-0.05, 0) is 77.0 Å². The first kappa shape index (κ1) is 20.6. The van der Waals surface area contributed by atoms with Crippen LogP contribution in [0.2, 0.25) is 0 Å². The summed E-state index contributed by atoms with van der Waals surface area (Å²) in [6.45, 7) is 14.8. The smallest absolute Gasteiger partial charge is 0.127 e. The van der Waals surface area contributed by atoms with E-state index in [0.29, 0.717) is 11.7 Å². The summed E-state index contributed by atoms with van der Waals surface area (Å²) < 4.78 is 6.17. The highest BCUT2D eigenvalue weighted by Gasteiger charge is 2.30. The maximum Gasteiger partial charge on any atom is 0.127 e. The number of hydrogen-bond acceptors (Lipinski definition) is 2. The van der Waals surface area contributed by atoms with Gasteiger partial charge in [0, 0.05) is 11.5 Å². The number of aromatic hydroxyl groups is 1. The largest absolute Gasteiger partial charge is 0.507 e. The molecule has 0 bridgehead atoms. The molecule has 1 aliphatic rings. The normalized spacial score (nSPS) is 20.2. The van der Waals surface area contributed by atoms with Crippen LogP contribution in [0.5, 0.6) is 11.5 Å². The van der Waals surface area contributed by atoms with Gasteiger partial charge in [-0.25, -0.2) is 0 Å². The predicted molar refractivity (Wildman–Crippen MR) is 111 cm³/mol. The summed E-state index contributed by atoms with van der Waals surface area (Å²) in [5, 5.41) is 10.9. The average Bonchev–Trinajstić information content (AvgIpc) is 2.54. The highest BCUT2D eigenvalue weighted by Crippen LogP contribution is 2.47. The molecular formula is C24H36O2. The quantitative estimate of drug-likeness (QED) is 0.404. The summed E-state index contributed by atoms with van der Waals surface area (Å²) in [6, 6.07) is 4.10. The predicted octanol–water partition coefficient (Wildman–Crippen LogP) is 6.93. The van der Waals surface area contributed by atoms with Crippen molar-refractivity contribution in [3.05, 3.63) is 47.1 Å². The van der Waals surface area contributed by atoms with Crippen LogP contribution in [0.4, 0.5) is 0 Å². The lowest BCUT2D eigenvalue weighted by Crippen LogP contribution is -2.19. The van der Waals surface area contributed by atoms with Gasteiger partial charge in [0.15, 0.2) is 0 Å². The number of benzene rings is 1. The Hall–Kier alpha value is -1.70. The summed E-state index contributed by atoms with van der Waals surface area (Å²) in [7, 11) is 0. The third-order valence-electron chi connectivity index (χ3n) is 5.33. The maximum absolute atomic E-state index is 10.9. The van der Waals surface area contributed by atoms with Gasteiger partial charge in [-0.3, -0.25) is 0 Å². The van der Waals surface area contributed by atoms with Crippen molar-refractivity contribution in [3.63, 3.8) is 0 Å². The number of aryl methyl sites for hydroxylation is 1. The molecule has 2 atom stereocenters. The number of rotatable bonds is 8. The van der Waals surface area contributed by atoms with Gasteiger partial charge in [0.05, 0.1) is 6.10 Å². The Morgan fingerprint density at radius 3 is 2.65 bits per heavy atom. The van der Waals surface area contributed by atoms with E-state index in [-0.39, 0.29) is 12.0 Å². The van der Waals surface area contributed by atoms with Gasteiger partial charge in [0.2, 0.25) is 0 Å². The SMILES string of the molecule is C=C(C)C1CCC(C)=CC1c1c(O)cc(CCCCC)cc1OC(C)C. The third-order valence-corrected chi connectivity index (χ3v) is 5.33. The second-order valence-corrected chi connectivity index (χ2v) is 8.18. The molecule has 0 aromatic heterocycles. The fraction of sp³-hybridized carbons (Fsp3) is 0.583.